The molecule has 1 aliphatic rings. The van der Waals surface area contributed by atoms with Gasteiger partial charge in [-0.05, 0) is 38.0 Å². The largest absolute Gasteiger partial charge is 0.497 e. The van der Waals surface area contributed by atoms with Crippen molar-refractivity contribution >= 4 is 18.2 Å². The third-order valence-corrected chi connectivity index (χ3v) is 4.19. The Hall–Kier alpha value is -2.57. The Morgan fingerprint density at radius 3 is 2.60 bits per heavy atom. The number of urea groups is 1. The summed E-state index contributed by atoms with van der Waals surface area (Å²) >= 11 is 0. The average Bonchev–Trinajstić information content (AvgIpc) is 2.62. The number of ether oxygens (including phenoxy) is 2. The van der Waals surface area contributed by atoms with Crippen LogP contribution >= 0.6 is 0 Å². The van der Waals surface area contributed by atoms with Crippen molar-refractivity contribution in [1.82, 2.24) is 10.6 Å². The van der Waals surface area contributed by atoms with E-state index >= 15 is 0 Å². The van der Waals surface area contributed by atoms with E-state index in [1.807, 2.05) is 0 Å². The molecule has 1 aromatic carbocycles. The summed E-state index contributed by atoms with van der Waals surface area (Å²) in [5.41, 5.74) is 0.269. The quantitative estimate of drug-likeness (QED) is 0.770. The molecule has 0 radical (unpaired) electrons. The van der Waals surface area contributed by atoms with E-state index < -0.39 is 18.0 Å². The van der Waals surface area contributed by atoms with E-state index in [4.69, 9.17) is 9.47 Å². The topological polar surface area (TPSA) is 93.7 Å². The fourth-order valence-corrected chi connectivity index (χ4v) is 2.78. The van der Waals surface area contributed by atoms with Gasteiger partial charge in [-0.2, -0.15) is 0 Å². The maximum absolute atomic E-state index is 12.1. The summed E-state index contributed by atoms with van der Waals surface area (Å²) in [6, 6.07) is 4.29. The van der Waals surface area contributed by atoms with Crippen LogP contribution in [0.15, 0.2) is 18.2 Å². The predicted molar refractivity (Wildman–Crippen MR) is 92.0 cm³/mol. The number of nitrogens with one attached hydrogen (secondary N) is 2. The Morgan fingerprint density at radius 2 is 1.96 bits per heavy atom. The van der Waals surface area contributed by atoms with Gasteiger partial charge in [0.2, 0.25) is 0 Å². The monoisotopic (exact) mass is 348 g/mol. The van der Waals surface area contributed by atoms with Gasteiger partial charge in [0, 0.05) is 6.04 Å². The molecule has 0 saturated heterocycles. The number of carbonyl (C=O) groups is 3. The van der Waals surface area contributed by atoms with Crippen molar-refractivity contribution in [3.63, 3.8) is 0 Å². The van der Waals surface area contributed by atoms with Crippen LogP contribution in [0.1, 0.15) is 49.4 Å². The SMILES string of the molecule is COc1ccc(O[C@H](C)C(=O)NC(=O)NC2CCCCC2)c(C=O)c1. The van der Waals surface area contributed by atoms with Crippen molar-refractivity contribution in [2.45, 2.75) is 51.2 Å². The van der Waals surface area contributed by atoms with E-state index in [0.29, 0.717) is 12.0 Å². The molecule has 0 aromatic heterocycles. The lowest BCUT2D eigenvalue weighted by atomic mass is 9.96. The number of hydrogen-bond donors (Lipinski definition) is 2. The fourth-order valence-electron chi connectivity index (χ4n) is 2.78. The number of amides is 3. The maximum atomic E-state index is 12.1. The molecule has 1 saturated carbocycles. The van der Waals surface area contributed by atoms with Crippen LogP contribution in [0.3, 0.4) is 0 Å². The van der Waals surface area contributed by atoms with Crippen LogP contribution in [-0.2, 0) is 4.79 Å². The molecule has 136 valence electrons. The summed E-state index contributed by atoms with van der Waals surface area (Å²) in [6.07, 6.45) is 4.92. The van der Waals surface area contributed by atoms with Crippen LogP contribution in [0.4, 0.5) is 4.79 Å². The Labute approximate surface area is 147 Å². The van der Waals surface area contributed by atoms with Crippen LogP contribution < -0.4 is 20.1 Å². The molecule has 7 nitrogen and oxygen atoms in total. The summed E-state index contributed by atoms with van der Waals surface area (Å²) in [5.74, 6) is 0.200. The van der Waals surface area contributed by atoms with Crippen LogP contribution in [0, 0.1) is 0 Å². The second-order valence-corrected chi connectivity index (χ2v) is 6.08. The number of aldehydes is 1. The molecule has 0 aliphatic heterocycles. The van der Waals surface area contributed by atoms with Gasteiger partial charge in [0.1, 0.15) is 11.5 Å². The van der Waals surface area contributed by atoms with Crippen molar-refractivity contribution in [1.29, 1.82) is 0 Å². The maximum Gasteiger partial charge on any atom is 0.321 e. The van der Waals surface area contributed by atoms with Crippen molar-refractivity contribution in [2.75, 3.05) is 7.11 Å². The molecule has 7 heteroatoms. The molecule has 2 N–H and O–H groups in total. The minimum absolute atomic E-state index is 0.112. The highest BCUT2D eigenvalue weighted by Gasteiger charge is 2.21. The summed E-state index contributed by atoms with van der Waals surface area (Å²) in [5, 5.41) is 5.09. The standard InChI is InChI=1S/C18H24N2O5/c1-12(25-16-9-8-15(24-2)10-13(16)11-21)17(22)20-18(23)19-14-6-4-3-5-7-14/h8-12,14H,3-7H2,1-2H3,(H2,19,20,22,23)/t12-/m1/s1. The third-order valence-electron chi connectivity index (χ3n) is 4.19. The van der Waals surface area contributed by atoms with Crippen molar-refractivity contribution in [2.24, 2.45) is 0 Å². The number of rotatable bonds is 6. The zero-order valence-corrected chi connectivity index (χ0v) is 14.5. The van der Waals surface area contributed by atoms with Gasteiger partial charge in [0.15, 0.2) is 12.4 Å². The Morgan fingerprint density at radius 1 is 1.24 bits per heavy atom. The molecule has 0 bridgehead atoms. The molecule has 25 heavy (non-hydrogen) atoms. The molecule has 2 rings (SSSR count). The molecule has 1 atom stereocenters. The minimum Gasteiger partial charge on any atom is -0.497 e. The van der Waals surface area contributed by atoms with E-state index in [-0.39, 0.29) is 17.4 Å². The number of imide groups is 1. The summed E-state index contributed by atoms with van der Waals surface area (Å²) in [7, 11) is 1.49. The molecule has 0 heterocycles. The number of methoxy groups -OCH3 is 1. The van der Waals surface area contributed by atoms with E-state index in [2.05, 4.69) is 10.6 Å². The van der Waals surface area contributed by atoms with Gasteiger partial charge in [-0.25, -0.2) is 4.79 Å². The van der Waals surface area contributed by atoms with Crippen LogP contribution in [0.5, 0.6) is 11.5 Å². The summed E-state index contributed by atoms with van der Waals surface area (Å²) in [4.78, 5) is 35.2. The highest BCUT2D eigenvalue weighted by molar-refractivity contribution is 5.96. The number of hydrogen-bond acceptors (Lipinski definition) is 5. The lowest BCUT2D eigenvalue weighted by molar-refractivity contribution is -0.126. The van der Waals surface area contributed by atoms with E-state index in [9.17, 15) is 14.4 Å². The molecule has 1 aliphatic carbocycles. The first kappa shape index (κ1) is 18.8. The summed E-state index contributed by atoms with van der Waals surface area (Å²) < 4.78 is 10.6. The van der Waals surface area contributed by atoms with Gasteiger partial charge in [0.25, 0.3) is 5.91 Å². The normalized spacial score (nSPS) is 15.8. The first-order chi connectivity index (χ1) is 12.0. The fraction of sp³-hybridized carbons (Fsp3) is 0.500. The highest BCUT2D eigenvalue weighted by Crippen LogP contribution is 2.23. The first-order valence-electron chi connectivity index (χ1n) is 8.44. The Bertz CT molecular complexity index is 626. The zero-order valence-electron chi connectivity index (χ0n) is 14.5. The average molecular weight is 348 g/mol. The minimum atomic E-state index is -0.927. The predicted octanol–water partition coefficient (Wildman–Crippen LogP) is 2.43. The van der Waals surface area contributed by atoms with E-state index in [0.717, 1.165) is 25.7 Å². The smallest absolute Gasteiger partial charge is 0.321 e. The van der Waals surface area contributed by atoms with Crippen molar-refractivity contribution in [3.05, 3.63) is 23.8 Å². The van der Waals surface area contributed by atoms with Crippen LogP contribution in [0.2, 0.25) is 0 Å². The molecule has 3 amide bonds. The number of benzene rings is 1. The second kappa shape index (κ2) is 9.05. The van der Waals surface area contributed by atoms with Gasteiger partial charge in [-0.15, -0.1) is 0 Å². The lowest BCUT2D eigenvalue weighted by Gasteiger charge is -2.23. The molecule has 0 unspecified atom stereocenters. The van der Waals surface area contributed by atoms with E-state index in [1.54, 1.807) is 12.1 Å². The molecule has 1 fully saturated rings. The van der Waals surface area contributed by atoms with Crippen molar-refractivity contribution < 1.29 is 23.9 Å². The molecular formula is C18H24N2O5. The van der Waals surface area contributed by atoms with Crippen LogP contribution in [0.25, 0.3) is 0 Å². The van der Waals surface area contributed by atoms with Crippen LogP contribution in [-0.4, -0.2) is 37.5 Å². The lowest BCUT2D eigenvalue weighted by Crippen LogP contribution is -2.48. The third kappa shape index (κ3) is 5.48. The van der Waals surface area contributed by atoms with Gasteiger partial charge in [-0.1, -0.05) is 19.3 Å². The second-order valence-electron chi connectivity index (χ2n) is 6.08. The van der Waals surface area contributed by atoms with Gasteiger partial charge in [0.05, 0.1) is 12.7 Å². The highest BCUT2D eigenvalue weighted by atomic mass is 16.5. The summed E-state index contributed by atoms with van der Waals surface area (Å²) in [6.45, 7) is 1.52. The number of carbonyl (C=O) groups excluding carboxylic acids is 3. The molecular weight excluding hydrogens is 324 g/mol. The molecule has 0 spiro atoms. The van der Waals surface area contributed by atoms with E-state index in [1.165, 1.54) is 26.5 Å². The molecule has 1 aromatic rings. The van der Waals surface area contributed by atoms with Crippen molar-refractivity contribution in [3.8, 4) is 11.5 Å². The Balaban J connectivity index is 1.89. The first-order valence-corrected chi connectivity index (χ1v) is 8.44. The zero-order chi connectivity index (χ0) is 18.2. The van der Waals surface area contributed by atoms with Gasteiger partial charge < -0.3 is 14.8 Å². The Kier molecular flexibility index (Phi) is 6.80. The van der Waals surface area contributed by atoms with Gasteiger partial charge >= 0.3 is 6.03 Å². The van der Waals surface area contributed by atoms with Gasteiger partial charge in [-0.3, -0.25) is 14.9 Å².